The Morgan fingerprint density at radius 2 is 1.95 bits per heavy atom. The maximum absolute atomic E-state index is 12.5. The molecule has 1 rings (SSSR count). The van der Waals surface area contributed by atoms with Gasteiger partial charge >= 0.3 is 6.18 Å². The average Bonchev–Trinajstić information content (AvgIpc) is 2.29. The molecule has 1 aromatic carbocycles. The molecule has 0 fully saturated rings. The number of hydrogen-bond donors (Lipinski definition) is 2. The predicted molar refractivity (Wildman–Crippen MR) is 65.3 cm³/mol. The van der Waals surface area contributed by atoms with Gasteiger partial charge in [0.1, 0.15) is 5.25 Å². The first kappa shape index (κ1) is 15.8. The van der Waals surface area contributed by atoms with Crippen molar-refractivity contribution in [2.45, 2.75) is 25.3 Å². The van der Waals surface area contributed by atoms with Crippen molar-refractivity contribution in [3.05, 3.63) is 29.3 Å². The summed E-state index contributed by atoms with van der Waals surface area (Å²) in [4.78, 5) is 0. The number of alkyl halides is 3. The number of rotatable bonds is 4. The minimum atomic E-state index is -4.55. The molecule has 0 amide bonds. The number of benzene rings is 1. The van der Waals surface area contributed by atoms with Gasteiger partial charge in [-0.2, -0.15) is 13.2 Å². The van der Waals surface area contributed by atoms with E-state index in [1.807, 2.05) is 0 Å². The zero-order valence-electron chi connectivity index (χ0n) is 10.3. The smallest absolute Gasteiger partial charge is 0.395 e. The molecule has 0 bridgehead atoms. The van der Waals surface area contributed by atoms with Gasteiger partial charge in [0.25, 0.3) is 0 Å². The Bertz CT molecular complexity index is 555. The molecule has 1 atom stereocenters. The first-order valence-corrected chi connectivity index (χ1v) is 6.93. The van der Waals surface area contributed by atoms with E-state index in [9.17, 15) is 21.6 Å². The molecular formula is C11H14F3NO3S. The molecule has 4 nitrogen and oxygen atoms in total. The Morgan fingerprint density at radius 1 is 1.37 bits per heavy atom. The van der Waals surface area contributed by atoms with Crippen LogP contribution in [0.5, 0.6) is 0 Å². The van der Waals surface area contributed by atoms with Gasteiger partial charge in [0, 0.05) is 0 Å². The summed E-state index contributed by atoms with van der Waals surface area (Å²) in [6.07, 6.45) is -4.55. The summed E-state index contributed by atoms with van der Waals surface area (Å²) in [5.74, 6) is 0. The molecule has 0 radical (unpaired) electrons. The number of anilines is 1. The number of halogens is 3. The van der Waals surface area contributed by atoms with Crippen LogP contribution in [0.2, 0.25) is 0 Å². The topological polar surface area (TPSA) is 66.4 Å². The average molecular weight is 297 g/mol. The quantitative estimate of drug-likeness (QED) is 0.894. The van der Waals surface area contributed by atoms with E-state index in [2.05, 4.69) is 4.72 Å². The van der Waals surface area contributed by atoms with Crippen molar-refractivity contribution in [1.82, 2.24) is 0 Å². The fraction of sp³-hybridized carbons (Fsp3) is 0.455. The van der Waals surface area contributed by atoms with E-state index in [-0.39, 0.29) is 5.69 Å². The summed E-state index contributed by atoms with van der Waals surface area (Å²) < 4.78 is 63.1. The van der Waals surface area contributed by atoms with Crippen LogP contribution in [0.25, 0.3) is 0 Å². The number of aryl methyl sites for hydroxylation is 1. The summed E-state index contributed by atoms with van der Waals surface area (Å²) in [5.41, 5.74) is -0.718. The predicted octanol–water partition coefficient (Wildman–Crippen LogP) is 2.14. The zero-order chi connectivity index (χ0) is 14.8. The van der Waals surface area contributed by atoms with Crippen LogP contribution in [0, 0.1) is 6.92 Å². The van der Waals surface area contributed by atoms with Gasteiger partial charge in [0.2, 0.25) is 10.0 Å². The second-order valence-electron chi connectivity index (χ2n) is 4.17. The third-order valence-corrected chi connectivity index (χ3v) is 4.32. The van der Waals surface area contributed by atoms with Gasteiger partial charge in [-0.3, -0.25) is 4.72 Å². The Kier molecular flexibility index (Phi) is 4.46. The fourth-order valence-electron chi connectivity index (χ4n) is 1.26. The van der Waals surface area contributed by atoms with Crippen molar-refractivity contribution < 1.29 is 26.7 Å². The molecular weight excluding hydrogens is 283 g/mol. The van der Waals surface area contributed by atoms with E-state index in [1.54, 1.807) is 0 Å². The summed E-state index contributed by atoms with van der Waals surface area (Å²) in [5, 5.41) is 7.69. The van der Waals surface area contributed by atoms with E-state index in [0.29, 0.717) is 5.56 Å². The summed E-state index contributed by atoms with van der Waals surface area (Å²) >= 11 is 0. The Morgan fingerprint density at radius 3 is 2.42 bits per heavy atom. The first-order valence-electron chi connectivity index (χ1n) is 5.38. The maximum atomic E-state index is 12.5. The highest BCUT2D eigenvalue weighted by Crippen LogP contribution is 2.32. The maximum Gasteiger partial charge on any atom is 0.416 e. The number of hydrogen-bond acceptors (Lipinski definition) is 3. The molecule has 0 heterocycles. The van der Waals surface area contributed by atoms with Gasteiger partial charge in [0.15, 0.2) is 0 Å². The highest BCUT2D eigenvalue weighted by Gasteiger charge is 2.31. The largest absolute Gasteiger partial charge is 0.416 e. The van der Waals surface area contributed by atoms with E-state index in [4.69, 9.17) is 5.11 Å². The van der Waals surface area contributed by atoms with E-state index in [1.165, 1.54) is 19.9 Å². The number of aliphatic hydroxyl groups excluding tert-OH is 1. The minimum Gasteiger partial charge on any atom is -0.395 e. The monoisotopic (exact) mass is 297 g/mol. The summed E-state index contributed by atoms with van der Waals surface area (Å²) in [6, 6.07) is 2.80. The number of aliphatic hydroxyl groups is 1. The van der Waals surface area contributed by atoms with E-state index < -0.39 is 33.6 Å². The Balaban J connectivity index is 3.15. The highest BCUT2D eigenvalue weighted by molar-refractivity contribution is 7.93. The molecule has 0 aliphatic carbocycles. The highest BCUT2D eigenvalue weighted by atomic mass is 32.2. The van der Waals surface area contributed by atoms with E-state index >= 15 is 0 Å². The zero-order valence-corrected chi connectivity index (χ0v) is 11.1. The Hall–Kier alpha value is -1.28. The van der Waals surface area contributed by atoms with E-state index in [0.717, 1.165) is 12.1 Å². The number of sulfonamides is 1. The number of nitrogens with one attached hydrogen (secondary N) is 1. The fourth-order valence-corrected chi connectivity index (χ4v) is 2.18. The molecule has 0 saturated carbocycles. The molecule has 108 valence electrons. The van der Waals surface area contributed by atoms with Crippen LogP contribution < -0.4 is 4.72 Å². The van der Waals surface area contributed by atoms with Crippen LogP contribution >= 0.6 is 0 Å². The second-order valence-corrected chi connectivity index (χ2v) is 6.27. The summed E-state index contributed by atoms with van der Waals surface area (Å²) in [7, 11) is -3.92. The van der Waals surface area contributed by atoms with Crippen LogP contribution in [-0.4, -0.2) is 25.4 Å². The van der Waals surface area contributed by atoms with Gasteiger partial charge in [-0.15, -0.1) is 0 Å². The third-order valence-electron chi connectivity index (χ3n) is 2.60. The molecule has 0 saturated heterocycles. The van der Waals surface area contributed by atoms with Crippen LogP contribution in [0.1, 0.15) is 18.1 Å². The first-order chi connectivity index (χ1) is 8.58. The van der Waals surface area contributed by atoms with Gasteiger partial charge in [0.05, 0.1) is 17.9 Å². The van der Waals surface area contributed by atoms with Gasteiger partial charge < -0.3 is 5.11 Å². The lowest BCUT2D eigenvalue weighted by molar-refractivity contribution is -0.137. The third kappa shape index (κ3) is 3.84. The normalized spacial score (nSPS) is 14.2. The molecule has 0 aliphatic heterocycles. The molecule has 0 spiro atoms. The molecule has 0 aliphatic rings. The molecule has 2 N–H and O–H groups in total. The molecule has 1 aromatic rings. The standard InChI is InChI=1S/C11H14F3NO3S/c1-7-3-4-9(11(12,13)14)5-10(7)15-19(17,18)8(2)6-16/h3-5,8,15-16H,6H2,1-2H3. The molecule has 0 aromatic heterocycles. The molecule has 19 heavy (non-hydrogen) atoms. The molecule has 1 unspecified atom stereocenters. The van der Waals surface area contributed by atoms with Crippen molar-refractivity contribution in [3.8, 4) is 0 Å². The Labute approximate surface area is 109 Å². The van der Waals surface area contributed by atoms with Crippen molar-refractivity contribution in [1.29, 1.82) is 0 Å². The lowest BCUT2D eigenvalue weighted by Crippen LogP contribution is -2.28. The SMILES string of the molecule is Cc1ccc(C(F)(F)F)cc1NS(=O)(=O)C(C)CO. The van der Waals surface area contributed by atoms with Gasteiger partial charge in [-0.25, -0.2) is 8.42 Å². The van der Waals surface area contributed by atoms with Gasteiger partial charge in [-0.05, 0) is 31.5 Å². The van der Waals surface area contributed by atoms with Crippen LogP contribution in [0.15, 0.2) is 18.2 Å². The lowest BCUT2D eigenvalue weighted by Gasteiger charge is -2.16. The van der Waals surface area contributed by atoms with Crippen molar-refractivity contribution in [2.24, 2.45) is 0 Å². The van der Waals surface area contributed by atoms with Crippen LogP contribution in [0.4, 0.5) is 18.9 Å². The molecule has 8 heteroatoms. The van der Waals surface area contributed by atoms with Crippen molar-refractivity contribution in [3.63, 3.8) is 0 Å². The van der Waals surface area contributed by atoms with Crippen LogP contribution in [-0.2, 0) is 16.2 Å². The van der Waals surface area contributed by atoms with Gasteiger partial charge in [-0.1, -0.05) is 6.07 Å². The van der Waals surface area contributed by atoms with Crippen molar-refractivity contribution >= 4 is 15.7 Å². The minimum absolute atomic E-state index is 0.143. The van der Waals surface area contributed by atoms with Crippen molar-refractivity contribution in [2.75, 3.05) is 11.3 Å². The van der Waals surface area contributed by atoms with Crippen LogP contribution in [0.3, 0.4) is 0 Å². The second kappa shape index (κ2) is 5.38. The lowest BCUT2D eigenvalue weighted by atomic mass is 10.1. The summed E-state index contributed by atoms with van der Waals surface area (Å²) in [6.45, 7) is 2.13.